The zero-order chi connectivity index (χ0) is 24.3. The lowest BCUT2D eigenvalue weighted by Crippen LogP contribution is -2.56. The molecule has 0 bridgehead atoms. The topological polar surface area (TPSA) is 41.1 Å². The predicted molar refractivity (Wildman–Crippen MR) is 130 cm³/mol. The van der Waals surface area contributed by atoms with E-state index >= 15 is 0 Å². The van der Waals surface area contributed by atoms with Crippen molar-refractivity contribution in [3.8, 4) is 0 Å². The second-order valence-electron chi connectivity index (χ2n) is 8.41. The summed E-state index contributed by atoms with van der Waals surface area (Å²) >= 11 is 18.0. The molecule has 1 amide bonds. The van der Waals surface area contributed by atoms with E-state index < -0.39 is 35.0 Å². The minimum Gasteiger partial charge on any atom is -0.371 e. The summed E-state index contributed by atoms with van der Waals surface area (Å²) < 4.78 is 42.3. The van der Waals surface area contributed by atoms with Crippen molar-refractivity contribution in [3.05, 3.63) is 99.0 Å². The number of fused-ring (bicyclic) bond motifs is 2. The molecule has 0 aromatic heterocycles. The Morgan fingerprint density at radius 2 is 1.71 bits per heavy atom. The van der Waals surface area contributed by atoms with Crippen molar-refractivity contribution in [2.45, 2.75) is 30.0 Å². The van der Waals surface area contributed by atoms with Gasteiger partial charge in [-0.15, -0.1) is 0 Å². The van der Waals surface area contributed by atoms with Crippen LogP contribution in [0, 0.1) is 0 Å². The lowest BCUT2D eigenvalue weighted by atomic mass is 9.59. The maximum absolute atomic E-state index is 14.1. The van der Waals surface area contributed by atoms with Gasteiger partial charge in [0.2, 0.25) is 5.91 Å². The van der Waals surface area contributed by atoms with E-state index in [1.54, 1.807) is 36.4 Å². The summed E-state index contributed by atoms with van der Waals surface area (Å²) in [6.07, 6.45) is -4.36. The number of thiocarbonyl (C=S) groups is 1. The van der Waals surface area contributed by atoms with E-state index in [9.17, 15) is 18.0 Å². The van der Waals surface area contributed by atoms with Crippen LogP contribution in [0.15, 0.2) is 66.7 Å². The molecule has 5 rings (SSSR count). The van der Waals surface area contributed by atoms with Crippen molar-refractivity contribution in [2.75, 3.05) is 5.32 Å². The molecule has 1 fully saturated rings. The van der Waals surface area contributed by atoms with Crippen molar-refractivity contribution in [3.63, 3.8) is 0 Å². The van der Waals surface area contributed by atoms with Crippen LogP contribution < -0.4 is 10.6 Å². The highest BCUT2D eigenvalue weighted by Gasteiger charge is 2.61. The van der Waals surface area contributed by atoms with Crippen LogP contribution in [0.4, 0.5) is 18.9 Å². The molecule has 0 aliphatic carbocycles. The molecule has 174 valence electrons. The molecule has 2 N–H and O–H groups in total. The standard InChI is InChI=1S/C25H17Cl2F3N2OS/c26-14-5-3-4-13(10-14)19-12-21(34)32-22(16-6-1-2-7-17(16)25(28,29)30)24(19)18-9-8-15(27)11-20(18)31-23(24)33/h1-11,19,22H,12H2,(H,31,33)(H,32,34)/t19-,22?,24-/m0/s1. The third-order valence-corrected chi connectivity index (χ3v) is 7.33. The zero-order valence-corrected chi connectivity index (χ0v) is 19.7. The molecule has 1 unspecified atom stereocenters. The number of hydrogen-bond donors (Lipinski definition) is 2. The molecule has 9 heteroatoms. The predicted octanol–water partition coefficient (Wildman–Crippen LogP) is 7.05. The van der Waals surface area contributed by atoms with Crippen LogP contribution in [-0.2, 0) is 16.4 Å². The van der Waals surface area contributed by atoms with E-state index in [1.807, 2.05) is 6.07 Å². The molecule has 1 saturated heterocycles. The first-order valence-electron chi connectivity index (χ1n) is 10.4. The van der Waals surface area contributed by atoms with Crippen LogP contribution in [0.1, 0.15) is 40.6 Å². The summed E-state index contributed by atoms with van der Waals surface area (Å²) in [7, 11) is 0. The van der Waals surface area contributed by atoms with Crippen LogP contribution in [-0.4, -0.2) is 10.9 Å². The van der Waals surface area contributed by atoms with Gasteiger partial charge in [0.15, 0.2) is 0 Å². The van der Waals surface area contributed by atoms with Gasteiger partial charge in [0.25, 0.3) is 0 Å². The second-order valence-corrected chi connectivity index (χ2v) is 9.78. The fourth-order valence-electron chi connectivity index (χ4n) is 5.28. The van der Waals surface area contributed by atoms with Crippen LogP contribution >= 0.6 is 35.4 Å². The van der Waals surface area contributed by atoms with Gasteiger partial charge in [-0.2, -0.15) is 13.2 Å². The smallest absolute Gasteiger partial charge is 0.371 e. The number of halogens is 5. The first-order chi connectivity index (χ1) is 16.1. The summed E-state index contributed by atoms with van der Waals surface area (Å²) in [5.74, 6) is -1.000. The van der Waals surface area contributed by atoms with Crippen LogP contribution in [0.2, 0.25) is 10.0 Å². The highest BCUT2D eigenvalue weighted by Crippen LogP contribution is 2.58. The zero-order valence-electron chi connectivity index (χ0n) is 17.4. The lowest BCUT2D eigenvalue weighted by molar-refractivity contribution is -0.139. The summed E-state index contributed by atoms with van der Waals surface area (Å²) in [5.41, 5.74) is -0.575. The molecule has 3 atom stereocenters. The Morgan fingerprint density at radius 3 is 2.44 bits per heavy atom. The van der Waals surface area contributed by atoms with Gasteiger partial charge in [-0.1, -0.05) is 71.8 Å². The molecular weight excluding hydrogens is 504 g/mol. The number of amides is 1. The van der Waals surface area contributed by atoms with Crippen LogP contribution in [0.5, 0.6) is 0 Å². The highest BCUT2D eigenvalue weighted by molar-refractivity contribution is 7.80. The number of carbonyl (C=O) groups excluding carboxylic acids is 1. The number of alkyl halides is 3. The van der Waals surface area contributed by atoms with Crippen LogP contribution in [0.3, 0.4) is 0 Å². The van der Waals surface area contributed by atoms with E-state index in [1.165, 1.54) is 18.2 Å². The summed E-state index contributed by atoms with van der Waals surface area (Å²) in [5, 5.41) is 6.81. The Labute approximate surface area is 209 Å². The average Bonchev–Trinajstić information content (AvgIpc) is 3.06. The molecule has 2 heterocycles. The van der Waals surface area contributed by atoms with Gasteiger partial charge >= 0.3 is 6.18 Å². The highest BCUT2D eigenvalue weighted by atomic mass is 35.5. The van der Waals surface area contributed by atoms with E-state index in [-0.39, 0.29) is 12.0 Å². The molecule has 0 saturated carbocycles. The van der Waals surface area contributed by atoms with Crippen molar-refractivity contribution in [2.24, 2.45) is 0 Å². The number of nitrogens with one attached hydrogen (secondary N) is 2. The van der Waals surface area contributed by atoms with Gasteiger partial charge < -0.3 is 10.6 Å². The van der Waals surface area contributed by atoms with Gasteiger partial charge in [-0.05, 0) is 47.0 Å². The molecule has 0 radical (unpaired) electrons. The Kier molecular flexibility index (Phi) is 5.62. The van der Waals surface area contributed by atoms with Crippen molar-refractivity contribution < 1.29 is 18.0 Å². The van der Waals surface area contributed by atoms with E-state index in [0.717, 1.165) is 6.07 Å². The fourth-order valence-corrected chi connectivity index (χ4v) is 5.93. The Hall–Kier alpha value is -2.61. The number of piperidine rings is 1. The number of benzene rings is 3. The van der Waals surface area contributed by atoms with E-state index in [0.29, 0.717) is 31.8 Å². The minimum absolute atomic E-state index is 0.0537. The number of hydrogen-bond acceptors (Lipinski definition) is 2. The lowest BCUT2D eigenvalue weighted by Gasteiger charge is -2.48. The fraction of sp³-hybridized carbons (Fsp3) is 0.200. The monoisotopic (exact) mass is 520 g/mol. The summed E-state index contributed by atoms with van der Waals surface area (Å²) in [4.78, 5) is 14.3. The van der Waals surface area contributed by atoms with Gasteiger partial charge in [-0.3, -0.25) is 4.79 Å². The maximum atomic E-state index is 14.1. The molecule has 1 spiro atoms. The Bertz CT molecular complexity index is 1330. The molecule has 3 aromatic carbocycles. The molecule has 3 aromatic rings. The van der Waals surface area contributed by atoms with E-state index in [4.69, 9.17) is 35.4 Å². The number of rotatable bonds is 2. The molecule has 2 aliphatic heterocycles. The maximum Gasteiger partial charge on any atom is 0.416 e. The summed E-state index contributed by atoms with van der Waals surface area (Å²) in [6, 6.07) is 16.1. The van der Waals surface area contributed by atoms with Crippen LogP contribution in [0.25, 0.3) is 0 Å². The average molecular weight is 521 g/mol. The first-order valence-corrected chi connectivity index (χ1v) is 11.6. The number of anilines is 1. The first kappa shape index (κ1) is 23.1. The Balaban J connectivity index is 1.84. The third-order valence-electron chi connectivity index (χ3n) is 6.58. The van der Waals surface area contributed by atoms with Crippen molar-refractivity contribution >= 4 is 52.0 Å². The summed E-state index contributed by atoms with van der Waals surface area (Å²) in [6.45, 7) is 0. The van der Waals surface area contributed by atoms with Gasteiger partial charge in [0.1, 0.15) is 5.41 Å². The van der Waals surface area contributed by atoms with Gasteiger partial charge in [-0.25, -0.2) is 0 Å². The Morgan fingerprint density at radius 1 is 0.971 bits per heavy atom. The molecular formula is C25H17Cl2F3N2OS. The quantitative estimate of drug-likeness (QED) is 0.355. The van der Waals surface area contributed by atoms with Gasteiger partial charge in [0, 0.05) is 28.1 Å². The minimum atomic E-state index is -4.62. The normalized spacial score (nSPS) is 24.0. The van der Waals surface area contributed by atoms with Gasteiger partial charge in [0.05, 0.1) is 16.6 Å². The number of carbonyl (C=O) groups is 1. The second kappa shape index (κ2) is 8.26. The van der Waals surface area contributed by atoms with Crippen molar-refractivity contribution in [1.82, 2.24) is 5.32 Å². The van der Waals surface area contributed by atoms with E-state index in [2.05, 4.69) is 10.6 Å². The molecule has 3 nitrogen and oxygen atoms in total. The molecule has 34 heavy (non-hydrogen) atoms. The largest absolute Gasteiger partial charge is 0.416 e. The van der Waals surface area contributed by atoms with Crippen molar-refractivity contribution in [1.29, 1.82) is 0 Å². The third kappa shape index (κ3) is 3.58. The SMILES string of the molecule is O=C1Nc2cc(Cl)ccc2[C@]12C(c1ccccc1C(F)(F)F)NC(=S)C[C@H]2c1cccc(Cl)c1. The molecule has 2 aliphatic rings.